The standard InChI is InChI=1S/C23H25FN4O3/c1-4-5-20(29)18-6-12(2)16(11-25-18)14-7-13-10-26-21(9-19(13)28(3)23(14)31)27-22(30)15-8-17(15)24/h4-7,9-11,15,17-18,20,25,29H,8H2,1-3H3,(H,26,27,30)/b5-4-/t15-,17?,18?,20?/m0/s1. The van der Waals surface area contributed by atoms with Crippen molar-refractivity contribution in [2.75, 3.05) is 5.32 Å². The molecule has 0 bridgehead atoms. The van der Waals surface area contributed by atoms with E-state index in [1.54, 1.807) is 43.7 Å². The minimum Gasteiger partial charge on any atom is -0.387 e. The summed E-state index contributed by atoms with van der Waals surface area (Å²) in [6, 6.07) is 3.11. The van der Waals surface area contributed by atoms with Gasteiger partial charge in [0.15, 0.2) is 0 Å². The number of fused-ring (bicyclic) bond motifs is 1. The summed E-state index contributed by atoms with van der Waals surface area (Å²) >= 11 is 0. The van der Waals surface area contributed by atoms with Gasteiger partial charge in [0.1, 0.15) is 12.0 Å². The molecule has 4 atom stereocenters. The molecular weight excluding hydrogens is 399 g/mol. The molecule has 31 heavy (non-hydrogen) atoms. The Hall–Kier alpha value is -3.26. The zero-order valence-electron chi connectivity index (χ0n) is 17.6. The Labute approximate surface area is 179 Å². The summed E-state index contributed by atoms with van der Waals surface area (Å²) in [5, 5.41) is 16.7. The summed E-state index contributed by atoms with van der Waals surface area (Å²) in [4.78, 5) is 29.3. The molecule has 1 aliphatic heterocycles. The first-order valence-corrected chi connectivity index (χ1v) is 10.2. The molecule has 2 aliphatic rings. The Bertz CT molecular complexity index is 1200. The van der Waals surface area contributed by atoms with E-state index in [9.17, 15) is 19.1 Å². The second kappa shape index (κ2) is 8.11. The van der Waals surface area contributed by atoms with Gasteiger partial charge in [0, 0.05) is 42.0 Å². The lowest BCUT2D eigenvalue weighted by molar-refractivity contribution is -0.117. The Kier molecular flexibility index (Phi) is 5.49. The van der Waals surface area contributed by atoms with Gasteiger partial charge >= 0.3 is 0 Å². The Morgan fingerprint density at radius 3 is 2.84 bits per heavy atom. The van der Waals surface area contributed by atoms with E-state index in [-0.39, 0.29) is 23.8 Å². The quantitative estimate of drug-likeness (QED) is 0.641. The van der Waals surface area contributed by atoms with Gasteiger partial charge in [0.25, 0.3) is 5.56 Å². The van der Waals surface area contributed by atoms with E-state index in [0.717, 1.165) is 16.5 Å². The third-order valence-corrected chi connectivity index (χ3v) is 5.73. The van der Waals surface area contributed by atoms with Crippen LogP contribution in [0.25, 0.3) is 16.5 Å². The highest BCUT2D eigenvalue weighted by molar-refractivity contribution is 5.96. The number of hydrogen-bond acceptors (Lipinski definition) is 5. The topological polar surface area (TPSA) is 96.2 Å². The van der Waals surface area contributed by atoms with E-state index >= 15 is 0 Å². The van der Waals surface area contributed by atoms with Crippen LogP contribution in [0.1, 0.15) is 25.8 Å². The number of hydrogen-bond donors (Lipinski definition) is 3. The molecule has 3 heterocycles. The van der Waals surface area contributed by atoms with Crippen molar-refractivity contribution in [3.05, 3.63) is 64.2 Å². The van der Waals surface area contributed by atoms with Crippen LogP contribution in [0.15, 0.2) is 53.1 Å². The summed E-state index contributed by atoms with van der Waals surface area (Å²) in [5.41, 5.74) is 2.54. The number of aliphatic hydroxyl groups is 1. The molecule has 4 rings (SSSR count). The van der Waals surface area contributed by atoms with Crippen LogP contribution in [0.3, 0.4) is 0 Å². The van der Waals surface area contributed by atoms with Crippen molar-refractivity contribution >= 4 is 28.2 Å². The highest BCUT2D eigenvalue weighted by Crippen LogP contribution is 2.34. The van der Waals surface area contributed by atoms with Crippen molar-refractivity contribution in [2.24, 2.45) is 13.0 Å². The Morgan fingerprint density at radius 2 is 2.19 bits per heavy atom. The molecule has 3 unspecified atom stereocenters. The summed E-state index contributed by atoms with van der Waals surface area (Å²) in [7, 11) is 1.66. The molecule has 2 aromatic rings. The highest BCUT2D eigenvalue weighted by Gasteiger charge is 2.43. The van der Waals surface area contributed by atoms with Crippen LogP contribution < -0.4 is 16.2 Å². The first-order valence-electron chi connectivity index (χ1n) is 10.2. The fourth-order valence-electron chi connectivity index (χ4n) is 3.78. The zero-order valence-corrected chi connectivity index (χ0v) is 17.6. The van der Waals surface area contributed by atoms with Crippen LogP contribution in [0.4, 0.5) is 10.2 Å². The predicted molar refractivity (Wildman–Crippen MR) is 118 cm³/mol. The number of pyridine rings is 2. The van der Waals surface area contributed by atoms with E-state index in [0.29, 0.717) is 11.1 Å². The monoisotopic (exact) mass is 424 g/mol. The maximum absolute atomic E-state index is 13.1. The predicted octanol–water partition coefficient (Wildman–Crippen LogP) is 2.43. The van der Waals surface area contributed by atoms with Crippen LogP contribution in [0, 0.1) is 5.92 Å². The zero-order chi connectivity index (χ0) is 22.3. The van der Waals surface area contributed by atoms with Crippen molar-refractivity contribution in [2.45, 2.75) is 38.6 Å². The van der Waals surface area contributed by atoms with E-state index in [1.807, 2.05) is 19.9 Å². The van der Waals surface area contributed by atoms with Gasteiger partial charge in [-0.3, -0.25) is 9.59 Å². The van der Waals surface area contributed by atoms with E-state index < -0.39 is 24.1 Å². The lowest BCUT2D eigenvalue weighted by atomic mass is 9.94. The largest absolute Gasteiger partial charge is 0.387 e. The van der Waals surface area contributed by atoms with Gasteiger partial charge in [-0.15, -0.1) is 0 Å². The average Bonchev–Trinajstić information content (AvgIpc) is 3.48. The van der Waals surface area contributed by atoms with Crippen molar-refractivity contribution in [1.29, 1.82) is 0 Å². The van der Waals surface area contributed by atoms with Gasteiger partial charge in [-0.1, -0.05) is 18.2 Å². The van der Waals surface area contributed by atoms with Crippen molar-refractivity contribution < 1.29 is 14.3 Å². The molecule has 162 valence electrons. The molecule has 1 aliphatic carbocycles. The SMILES string of the molecule is C/C=C\C(O)C1C=C(C)C(c2cc3cnc(NC(=O)[C@H]4CC4F)cc3n(C)c2=O)=CN1. The third kappa shape index (κ3) is 4.03. The number of amides is 1. The molecule has 7 nitrogen and oxygen atoms in total. The third-order valence-electron chi connectivity index (χ3n) is 5.73. The molecule has 2 aromatic heterocycles. The first kappa shape index (κ1) is 21.0. The van der Waals surface area contributed by atoms with Crippen molar-refractivity contribution in [3.63, 3.8) is 0 Å². The van der Waals surface area contributed by atoms with Gasteiger partial charge in [-0.2, -0.15) is 0 Å². The number of alkyl halides is 1. The number of nitrogens with zero attached hydrogens (tertiary/aromatic N) is 2. The number of aryl methyl sites for hydroxylation is 1. The number of aliphatic hydroxyl groups excluding tert-OH is 1. The van der Waals surface area contributed by atoms with Gasteiger partial charge in [0.2, 0.25) is 5.91 Å². The number of allylic oxidation sites excluding steroid dienone is 3. The fourth-order valence-corrected chi connectivity index (χ4v) is 3.78. The lowest BCUT2D eigenvalue weighted by Gasteiger charge is -2.25. The Morgan fingerprint density at radius 1 is 1.45 bits per heavy atom. The summed E-state index contributed by atoms with van der Waals surface area (Å²) < 4.78 is 14.6. The molecule has 8 heteroatoms. The first-order chi connectivity index (χ1) is 14.8. The molecule has 0 aromatic carbocycles. The lowest BCUT2D eigenvalue weighted by Crippen LogP contribution is -2.36. The molecule has 1 saturated carbocycles. The number of carbonyl (C=O) groups is 1. The number of halogens is 1. The molecule has 0 spiro atoms. The molecule has 1 amide bonds. The highest BCUT2D eigenvalue weighted by atomic mass is 19.1. The summed E-state index contributed by atoms with van der Waals surface area (Å²) in [5.74, 6) is -0.719. The number of aromatic nitrogens is 2. The van der Waals surface area contributed by atoms with E-state index in [2.05, 4.69) is 15.6 Å². The van der Waals surface area contributed by atoms with Gasteiger partial charge in [-0.25, -0.2) is 9.37 Å². The van der Waals surface area contributed by atoms with Crippen LogP contribution in [-0.2, 0) is 11.8 Å². The summed E-state index contributed by atoms with van der Waals surface area (Å²) in [6.07, 6.45) is 7.22. The normalized spacial score (nSPS) is 23.8. The van der Waals surface area contributed by atoms with Crippen molar-refractivity contribution in [1.82, 2.24) is 14.9 Å². The van der Waals surface area contributed by atoms with Crippen LogP contribution in [0.5, 0.6) is 0 Å². The van der Waals surface area contributed by atoms with Gasteiger partial charge < -0.3 is 20.3 Å². The second-order valence-electron chi connectivity index (χ2n) is 8.01. The number of dihydropyridines is 1. The number of carbonyl (C=O) groups excluding carboxylic acids is 1. The maximum atomic E-state index is 13.1. The van der Waals surface area contributed by atoms with Gasteiger partial charge in [0.05, 0.1) is 23.6 Å². The number of rotatable bonds is 5. The number of nitrogens with one attached hydrogen (secondary N) is 2. The van der Waals surface area contributed by atoms with E-state index in [4.69, 9.17) is 0 Å². The van der Waals surface area contributed by atoms with Crippen LogP contribution in [0.2, 0.25) is 0 Å². The van der Waals surface area contributed by atoms with E-state index in [1.165, 1.54) is 4.57 Å². The second-order valence-corrected chi connectivity index (χ2v) is 8.01. The molecular formula is C23H25FN4O3. The minimum absolute atomic E-state index is 0.199. The maximum Gasteiger partial charge on any atom is 0.258 e. The van der Waals surface area contributed by atoms with Gasteiger partial charge in [-0.05, 0) is 31.9 Å². The fraction of sp³-hybridized carbons (Fsp3) is 0.348. The van der Waals surface area contributed by atoms with Crippen LogP contribution >= 0.6 is 0 Å². The van der Waals surface area contributed by atoms with Crippen molar-refractivity contribution in [3.8, 4) is 0 Å². The molecule has 0 saturated heterocycles. The van der Waals surface area contributed by atoms with Crippen LogP contribution in [-0.4, -0.2) is 38.9 Å². The smallest absolute Gasteiger partial charge is 0.258 e. The minimum atomic E-state index is -1.08. The molecule has 0 radical (unpaired) electrons. The number of anilines is 1. The average molecular weight is 424 g/mol. The molecule has 3 N–H and O–H groups in total. The Balaban J connectivity index is 1.65. The summed E-state index contributed by atoms with van der Waals surface area (Å²) in [6.45, 7) is 3.75. The molecule has 1 fully saturated rings.